The fourth-order valence-corrected chi connectivity index (χ4v) is 2.90. The van der Waals surface area contributed by atoms with Crippen molar-refractivity contribution in [3.63, 3.8) is 0 Å². The Morgan fingerprint density at radius 1 is 1.35 bits per heavy atom. The van der Waals surface area contributed by atoms with E-state index in [1.165, 1.54) is 0 Å². The minimum absolute atomic E-state index is 0.0116. The maximum absolute atomic E-state index is 12.1. The summed E-state index contributed by atoms with van der Waals surface area (Å²) in [4.78, 5) is 26.1. The first-order valence-corrected chi connectivity index (χ1v) is 8.34. The molecule has 0 saturated carbocycles. The van der Waals surface area contributed by atoms with Gasteiger partial charge in [0.25, 0.3) is 0 Å². The van der Waals surface area contributed by atoms with Crippen LogP contribution in [0.5, 0.6) is 0 Å². The molecule has 23 heavy (non-hydrogen) atoms. The largest absolute Gasteiger partial charge is 0.466 e. The molecule has 0 spiro atoms. The average Bonchev–Trinajstić information content (AvgIpc) is 2.56. The summed E-state index contributed by atoms with van der Waals surface area (Å²) >= 11 is 0. The maximum atomic E-state index is 12.1. The topological polar surface area (TPSA) is 58.6 Å². The van der Waals surface area contributed by atoms with Gasteiger partial charge in [0.2, 0.25) is 5.91 Å². The lowest BCUT2D eigenvalue weighted by Gasteiger charge is -2.31. The van der Waals surface area contributed by atoms with Crippen molar-refractivity contribution in [3.8, 4) is 0 Å². The SMILES string of the molecule is CCOC(=O)[C@@H]1CCCN(CCC(=O)Nc2ccccc2C)C1. The van der Waals surface area contributed by atoms with Crippen LogP contribution < -0.4 is 5.32 Å². The zero-order valence-corrected chi connectivity index (χ0v) is 14.0. The van der Waals surface area contributed by atoms with Crippen molar-refractivity contribution in [1.29, 1.82) is 0 Å². The van der Waals surface area contributed by atoms with E-state index < -0.39 is 0 Å². The number of hydrogen-bond acceptors (Lipinski definition) is 4. The van der Waals surface area contributed by atoms with Crippen LogP contribution in [0.1, 0.15) is 31.7 Å². The zero-order chi connectivity index (χ0) is 16.7. The third-order valence-electron chi connectivity index (χ3n) is 4.20. The molecule has 5 nitrogen and oxygen atoms in total. The van der Waals surface area contributed by atoms with Crippen LogP contribution in [-0.4, -0.2) is 43.0 Å². The highest BCUT2D eigenvalue weighted by atomic mass is 16.5. The highest BCUT2D eigenvalue weighted by molar-refractivity contribution is 5.91. The van der Waals surface area contributed by atoms with Gasteiger partial charge in [0.15, 0.2) is 0 Å². The third-order valence-corrected chi connectivity index (χ3v) is 4.20. The Morgan fingerprint density at radius 3 is 2.87 bits per heavy atom. The Labute approximate surface area is 138 Å². The number of aryl methyl sites for hydroxylation is 1. The molecule has 126 valence electrons. The van der Waals surface area contributed by atoms with Gasteiger partial charge in [-0.1, -0.05) is 18.2 Å². The van der Waals surface area contributed by atoms with Crippen LogP contribution in [0.3, 0.4) is 0 Å². The van der Waals surface area contributed by atoms with E-state index in [-0.39, 0.29) is 17.8 Å². The van der Waals surface area contributed by atoms with Crippen LogP contribution in [0.2, 0.25) is 0 Å². The van der Waals surface area contributed by atoms with Crippen LogP contribution in [0.15, 0.2) is 24.3 Å². The number of hydrogen-bond donors (Lipinski definition) is 1. The Hall–Kier alpha value is -1.88. The molecular weight excluding hydrogens is 292 g/mol. The van der Waals surface area contributed by atoms with Gasteiger partial charge in [-0.15, -0.1) is 0 Å². The molecule has 1 fully saturated rings. The first kappa shape index (κ1) is 17.5. The van der Waals surface area contributed by atoms with Gasteiger partial charge in [0.05, 0.1) is 12.5 Å². The van der Waals surface area contributed by atoms with E-state index in [0.717, 1.165) is 30.6 Å². The van der Waals surface area contributed by atoms with Gasteiger partial charge >= 0.3 is 5.97 Å². The zero-order valence-electron chi connectivity index (χ0n) is 14.0. The monoisotopic (exact) mass is 318 g/mol. The van der Waals surface area contributed by atoms with Crippen LogP contribution >= 0.6 is 0 Å². The van der Waals surface area contributed by atoms with Crippen molar-refractivity contribution < 1.29 is 14.3 Å². The number of para-hydroxylation sites is 1. The predicted molar refractivity (Wildman–Crippen MR) is 90.2 cm³/mol. The van der Waals surface area contributed by atoms with Gasteiger partial charge in [-0.2, -0.15) is 0 Å². The Bertz CT molecular complexity index is 545. The fourth-order valence-electron chi connectivity index (χ4n) is 2.90. The number of amides is 1. The summed E-state index contributed by atoms with van der Waals surface area (Å²) in [5.74, 6) is -0.151. The number of carbonyl (C=O) groups excluding carboxylic acids is 2. The number of anilines is 1. The van der Waals surface area contributed by atoms with Crippen molar-refractivity contribution in [2.75, 3.05) is 31.6 Å². The Morgan fingerprint density at radius 2 is 2.13 bits per heavy atom. The van der Waals surface area contributed by atoms with E-state index in [4.69, 9.17) is 4.74 Å². The van der Waals surface area contributed by atoms with Crippen LogP contribution in [0, 0.1) is 12.8 Å². The molecule has 1 saturated heterocycles. The molecule has 0 bridgehead atoms. The third kappa shape index (κ3) is 5.36. The van der Waals surface area contributed by atoms with Crippen molar-refractivity contribution in [3.05, 3.63) is 29.8 Å². The van der Waals surface area contributed by atoms with Crippen molar-refractivity contribution in [1.82, 2.24) is 4.90 Å². The second kappa shape index (κ2) is 8.67. The number of likely N-dealkylation sites (tertiary alicyclic amines) is 1. The molecule has 1 aliphatic rings. The fraction of sp³-hybridized carbons (Fsp3) is 0.556. The maximum Gasteiger partial charge on any atom is 0.310 e. The van der Waals surface area contributed by atoms with E-state index in [1.807, 2.05) is 38.1 Å². The first-order chi connectivity index (χ1) is 11.1. The molecule has 1 N–H and O–H groups in total. The number of carbonyl (C=O) groups is 2. The summed E-state index contributed by atoms with van der Waals surface area (Å²) in [7, 11) is 0. The van der Waals surface area contributed by atoms with E-state index in [1.54, 1.807) is 0 Å². The lowest BCUT2D eigenvalue weighted by Crippen LogP contribution is -2.40. The normalized spacial score (nSPS) is 18.4. The number of benzene rings is 1. The Balaban J connectivity index is 1.77. The van der Waals surface area contributed by atoms with E-state index in [0.29, 0.717) is 26.1 Å². The molecule has 0 unspecified atom stereocenters. The minimum atomic E-state index is -0.110. The van der Waals surface area contributed by atoms with E-state index in [9.17, 15) is 9.59 Å². The van der Waals surface area contributed by atoms with Crippen molar-refractivity contribution in [2.45, 2.75) is 33.1 Å². The average molecular weight is 318 g/mol. The van der Waals surface area contributed by atoms with Crippen LogP contribution in [0.4, 0.5) is 5.69 Å². The van der Waals surface area contributed by atoms with Crippen molar-refractivity contribution in [2.24, 2.45) is 5.92 Å². The standard InChI is InChI=1S/C18H26N2O3/c1-3-23-18(22)15-8-6-11-20(13-15)12-10-17(21)19-16-9-5-4-7-14(16)2/h4-5,7,9,15H,3,6,8,10-13H2,1-2H3,(H,19,21)/t15-/m1/s1. The first-order valence-electron chi connectivity index (χ1n) is 8.34. The lowest BCUT2D eigenvalue weighted by atomic mass is 9.98. The smallest absolute Gasteiger partial charge is 0.310 e. The molecular formula is C18H26N2O3. The Kier molecular flexibility index (Phi) is 6.59. The summed E-state index contributed by atoms with van der Waals surface area (Å²) in [6.07, 6.45) is 2.29. The summed E-state index contributed by atoms with van der Waals surface area (Å²) in [6.45, 7) is 6.53. The highest BCUT2D eigenvalue weighted by Crippen LogP contribution is 2.18. The molecule has 1 atom stereocenters. The molecule has 5 heteroatoms. The number of nitrogens with one attached hydrogen (secondary N) is 1. The molecule has 1 aromatic carbocycles. The molecule has 1 amide bonds. The summed E-state index contributed by atoms with van der Waals surface area (Å²) in [5.41, 5.74) is 1.92. The molecule has 1 aromatic rings. The van der Waals surface area contributed by atoms with Crippen LogP contribution in [-0.2, 0) is 14.3 Å². The summed E-state index contributed by atoms with van der Waals surface area (Å²) in [6, 6.07) is 7.75. The number of nitrogens with zero attached hydrogens (tertiary/aromatic N) is 1. The highest BCUT2D eigenvalue weighted by Gasteiger charge is 2.26. The number of rotatable bonds is 6. The summed E-state index contributed by atoms with van der Waals surface area (Å²) in [5, 5.41) is 2.95. The molecule has 0 radical (unpaired) electrons. The molecule has 0 aromatic heterocycles. The van der Waals surface area contributed by atoms with E-state index >= 15 is 0 Å². The number of esters is 1. The molecule has 1 heterocycles. The van der Waals surface area contributed by atoms with Gasteiger partial charge in [-0.3, -0.25) is 9.59 Å². The number of ether oxygens (including phenoxy) is 1. The molecule has 0 aliphatic carbocycles. The van der Waals surface area contributed by atoms with E-state index in [2.05, 4.69) is 10.2 Å². The quantitative estimate of drug-likeness (QED) is 0.819. The van der Waals surface area contributed by atoms with Crippen molar-refractivity contribution >= 4 is 17.6 Å². The molecule has 1 aliphatic heterocycles. The number of piperidine rings is 1. The lowest BCUT2D eigenvalue weighted by molar-refractivity contribution is -0.149. The molecule has 2 rings (SSSR count). The predicted octanol–water partition coefficient (Wildman–Crippen LogP) is 2.60. The van der Waals surface area contributed by atoms with Crippen LogP contribution in [0.25, 0.3) is 0 Å². The van der Waals surface area contributed by atoms with Gasteiger partial charge in [-0.05, 0) is 44.9 Å². The van der Waals surface area contributed by atoms with Gasteiger partial charge in [0.1, 0.15) is 0 Å². The van der Waals surface area contributed by atoms with Gasteiger partial charge in [-0.25, -0.2) is 0 Å². The van der Waals surface area contributed by atoms with Gasteiger partial charge < -0.3 is 15.0 Å². The van der Waals surface area contributed by atoms with Gasteiger partial charge in [0, 0.05) is 25.2 Å². The minimum Gasteiger partial charge on any atom is -0.466 e. The second-order valence-electron chi connectivity index (χ2n) is 6.00. The summed E-state index contributed by atoms with van der Waals surface area (Å²) < 4.78 is 5.10. The second-order valence-corrected chi connectivity index (χ2v) is 6.00.